The first kappa shape index (κ1) is 18.0. The molecule has 2 aliphatic rings. The standard InChI is InChI=1S/C19H26N4OS2/c1-2-22-18(16-10-6-12-25-16)20-21-19(22)26-13-17(24)23-11-5-8-14-7-3-4-9-15(14)23/h6,10,12,14-15H,2-5,7-9,11,13H2,1H3/t14-,15-/m0/s1. The molecule has 1 aliphatic carbocycles. The number of carbonyl (C=O) groups is 1. The van der Waals surface area contributed by atoms with E-state index in [4.69, 9.17) is 0 Å². The summed E-state index contributed by atoms with van der Waals surface area (Å²) in [6.07, 6.45) is 7.56. The minimum atomic E-state index is 0.273. The van der Waals surface area contributed by atoms with Gasteiger partial charge in [0, 0.05) is 19.1 Å². The van der Waals surface area contributed by atoms with E-state index in [1.807, 2.05) is 6.07 Å². The van der Waals surface area contributed by atoms with E-state index in [9.17, 15) is 4.79 Å². The second-order valence-electron chi connectivity index (χ2n) is 7.16. The van der Waals surface area contributed by atoms with Crippen LogP contribution < -0.4 is 0 Å². The number of thiophene rings is 1. The molecule has 0 N–H and O–H groups in total. The van der Waals surface area contributed by atoms with Crippen LogP contribution in [0, 0.1) is 5.92 Å². The number of likely N-dealkylation sites (tertiary alicyclic amines) is 1. The van der Waals surface area contributed by atoms with E-state index in [2.05, 4.69) is 38.0 Å². The van der Waals surface area contributed by atoms with Crippen molar-refractivity contribution in [3.8, 4) is 10.7 Å². The maximum absolute atomic E-state index is 12.9. The Morgan fingerprint density at radius 1 is 1.27 bits per heavy atom. The summed E-state index contributed by atoms with van der Waals surface area (Å²) in [5, 5.41) is 11.6. The van der Waals surface area contributed by atoms with Gasteiger partial charge in [0.25, 0.3) is 0 Å². The number of amides is 1. The van der Waals surface area contributed by atoms with Gasteiger partial charge < -0.3 is 9.47 Å². The topological polar surface area (TPSA) is 51.0 Å². The lowest BCUT2D eigenvalue weighted by Crippen LogP contribution is -2.50. The molecule has 0 aromatic carbocycles. The van der Waals surface area contributed by atoms with E-state index < -0.39 is 0 Å². The van der Waals surface area contributed by atoms with Crippen molar-refractivity contribution in [3.63, 3.8) is 0 Å². The largest absolute Gasteiger partial charge is 0.339 e. The van der Waals surface area contributed by atoms with Gasteiger partial charge in [0.15, 0.2) is 11.0 Å². The number of piperidine rings is 1. The number of thioether (sulfide) groups is 1. The SMILES string of the molecule is CCn1c(SCC(=O)N2CCC[C@@H]3CCCC[C@@H]32)nnc1-c1cccs1. The number of hydrogen-bond acceptors (Lipinski definition) is 5. The van der Waals surface area contributed by atoms with E-state index >= 15 is 0 Å². The Morgan fingerprint density at radius 3 is 2.92 bits per heavy atom. The van der Waals surface area contributed by atoms with E-state index in [-0.39, 0.29) is 5.91 Å². The first-order valence-electron chi connectivity index (χ1n) is 9.67. The van der Waals surface area contributed by atoms with Gasteiger partial charge in [-0.15, -0.1) is 21.5 Å². The normalized spacial score (nSPS) is 23.0. The van der Waals surface area contributed by atoms with Gasteiger partial charge in [-0.1, -0.05) is 30.7 Å². The van der Waals surface area contributed by atoms with E-state index in [0.29, 0.717) is 11.8 Å². The summed E-state index contributed by atoms with van der Waals surface area (Å²) in [7, 11) is 0. The molecule has 140 valence electrons. The predicted octanol–water partition coefficient (Wildman–Crippen LogP) is 4.30. The lowest BCUT2D eigenvalue weighted by atomic mass is 9.78. The molecule has 1 aliphatic heterocycles. The van der Waals surface area contributed by atoms with Gasteiger partial charge in [0.2, 0.25) is 5.91 Å². The summed E-state index contributed by atoms with van der Waals surface area (Å²) < 4.78 is 2.11. The summed E-state index contributed by atoms with van der Waals surface area (Å²) in [6, 6.07) is 4.58. The third-order valence-corrected chi connectivity index (χ3v) is 7.48. The molecule has 0 radical (unpaired) electrons. The fourth-order valence-electron chi connectivity index (χ4n) is 4.41. The summed E-state index contributed by atoms with van der Waals surface area (Å²) >= 11 is 3.20. The molecule has 2 fully saturated rings. The third kappa shape index (κ3) is 3.56. The van der Waals surface area contributed by atoms with Crippen LogP contribution in [-0.2, 0) is 11.3 Å². The second-order valence-corrected chi connectivity index (χ2v) is 9.05. The average Bonchev–Trinajstić information content (AvgIpc) is 3.34. The number of aromatic nitrogens is 3. The van der Waals surface area contributed by atoms with Crippen molar-refractivity contribution in [2.45, 2.75) is 63.2 Å². The molecular weight excluding hydrogens is 364 g/mol. The van der Waals surface area contributed by atoms with E-state index in [1.165, 1.54) is 43.9 Å². The summed E-state index contributed by atoms with van der Waals surface area (Å²) in [6.45, 7) is 3.84. The average molecular weight is 391 g/mol. The van der Waals surface area contributed by atoms with Crippen molar-refractivity contribution < 1.29 is 4.79 Å². The molecule has 4 rings (SSSR count). The van der Waals surface area contributed by atoms with Crippen LogP contribution in [-0.4, -0.2) is 43.9 Å². The molecule has 7 heteroatoms. The highest BCUT2D eigenvalue weighted by molar-refractivity contribution is 7.99. The highest BCUT2D eigenvalue weighted by atomic mass is 32.2. The Labute approximate surface area is 163 Å². The summed E-state index contributed by atoms with van der Waals surface area (Å²) in [4.78, 5) is 16.2. The van der Waals surface area contributed by atoms with Crippen LogP contribution in [0.3, 0.4) is 0 Å². The molecule has 2 atom stereocenters. The Bertz CT molecular complexity index is 741. The van der Waals surface area contributed by atoms with Crippen molar-refractivity contribution in [2.24, 2.45) is 5.92 Å². The summed E-state index contributed by atoms with van der Waals surface area (Å²) in [5.41, 5.74) is 0. The van der Waals surface area contributed by atoms with E-state index in [1.54, 1.807) is 11.3 Å². The molecule has 0 unspecified atom stereocenters. The molecule has 3 heterocycles. The first-order valence-corrected chi connectivity index (χ1v) is 11.5. The molecule has 0 bridgehead atoms. The highest BCUT2D eigenvalue weighted by Gasteiger charge is 2.35. The number of rotatable bonds is 5. The molecule has 1 saturated heterocycles. The highest BCUT2D eigenvalue weighted by Crippen LogP contribution is 2.36. The number of carbonyl (C=O) groups excluding carboxylic acids is 1. The molecule has 1 saturated carbocycles. The molecule has 2 aromatic rings. The Hall–Kier alpha value is -1.34. The number of fused-ring (bicyclic) bond motifs is 1. The van der Waals surface area contributed by atoms with Gasteiger partial charge in [0.05, 0.1) is 10.6 Å². The summed E-state index contributed by atoms with van der Waals surface area (Å²) in [5.74, 6) is 2.38. The predicted molar refractivity (Wildman–Crippen MR) is 106 cm³/mol. The van der Waals surface area contributed by atoms with Gasteiger partial charge in [-0.2, -0.15) is 0 Å². The second kappa shape index (κ2) is 8.13. The zero-order valence-corrected chi connectivity index (χ0v) is 16.9. The van der Waals surface area contributed by atoms with Crippen LogP contribution in [0.25, 0.3) is 10.7 Å². The van der Waals surface area contributed by atoms with Gasteiger partial charge in [-0.25, -0.2) is 0 Å². The minimum Gasteiger partial charge on any atom is -0.339 e. The number of nitrogens with zero attached hydrogens (tertiary/aromatic N) is 4. The lowest BCUT2D eigenvalue weighted by Gasteiger charge is -2.44. The van der Waals surface area contributed by atoms with Crippen molar-refractivity contribution in [1.82, 2.24) is 19.7 Å². The van der Waals surface area contributed by atoms with Gasteiger partial charge in [-0.3, -0.25) is 4.79 Å². The van der Waals surface area contributed by atoms with Crippen molar-refractivity contribution >= 4 is 29.0 Å². The van der Waals surface area contributed by atoms with Crippen LogP contribution >= 0.6 is 23.1 Å². The molecule has 0 spiro atoms. The Kier molecular flexibility index (Phi) is 5.64. The van der Waals surface area contributed by atoms with Crippen LogP contribution in [0.5, 0.6) is 0 Å². The van der Waals surface area contributed by atoms with Gasteiger partial charge in [0.1, 0.15) is 0 Å². The lowest BCUT2D eigenvalue weighted by molar-refractivity contribution is -0.134. The van der Waals surface area contributed by atoms with Crippen LogP contribution in [0.1, 0.15) is 45.4 Å². The molecule has 2 aromatic heterocycles. The molecule has 5 nitrogen and oxygen atoms in total. The maximum atomic E-state index is 12.9. The van der Waals surface area contributed by atoms with Crippen molar-refractivity contribution in [2.75, 3.05) is 12.3 Å². The van der Waals surface area contributed by atoms with Crippen molar-refractivity contribution in [1.29, 1.82) is 0 Å². The Balaban J connectivity index is 1.43. The van der Waals surface area contributed by atoms with Gasteiger partial charge in [-0.05, 0) is 50.0 Å². The smallest absolute Gasteiger partial charge is 0.233 e. The Morgan fingerprint density at radius 2 is 2.12 bits per heavy atom. The zero-order chi connectivity index (χ0) is 17.9. The fourth-order valence-corrected chi connectivity index (χ4v) is 6.02. The molecule has 1 amide bonds. The molecule has 26 heavy (non-hydrogen) atoms. The number of hydrogen-bond donors (Lipinski definition) is 0. The maximum Gasteiger partial charge on any atom is 0.233 e. The van der Waals surface area contributed by atoms with Crippen LogP contribution in [0.15, 0.2) is 22.7 Å². The minimum absolute atomic E-state index is 0.273. The molecular formula is C19H26N4OS2. The van der Waals surface area contributed by atoms with E-state index in [0.717, 1.165) is 41.3 Å². The van der Waals surface area contributed by atoms with Crippen LogP contribution in [0.2, 0.25) is 0 Å². The van der Waals surface area contributed by atoms with Crippen molar-refractivity contribution in [3.05, 3.63) is 17.5 Å². The third-order valence-electron chi connectivity index (χ3n) is 5.66. The van der Waals surface area contributed by atoms with Crippen LogP contribution in [0.4, 0.5) is 0 Å². The quantitative estimate of drug-likeness (QED) is 0.714. The first-order chi connectivity index (χ1) is 12.8. The zero-order valence-electron chi connectivity index (χ0n) is 15.3. The monoisotopic (exact) mass is 390 g/mol. The fraction of sp³-hybridized carbons (Fsp3) is 0.632. The van der Waals surface area contributed by atoms with Gasteiger partial charge >= 0.3 is 0 Å².